The summed E-state index contributed by atoms with van der Waals surface area (Å²) in [6.45, 7) is 0. The molecule has 0 aliphatic heterocycles. The summed E-state index contributed by atoms with van der Waals surface area (Å²) in [5.74, 6) is -0.963. The van der Waals surface area contributed by atoms with Crippen LogP contribution in [0.25, 0.3) is 0 Å². The highest BCUT2D eigenvalue weighted by molar-refractivity contribution is 5.28. The van der Waals surface area contributed by atoms with Crippen LogP contribution in [0.5, 0.6) is 0 Å². The van der Waals surface area contributed by atoms with Gasteiger partial charge in [-0.3, -0.25) is 0 Å². The third-order valence-corrected chi connectivity index (χ3v) is 1.40. The Morgan fingerprint density at radius 1 is 1.64 bits per heavy atom. The Labute approximate surface area is 74.5 Å². The largest absolute Gasteiger partial charge is 0.420 e. The molecule has 6 nitrogen and oxygen atoms in total. The summed E-state index contributed by atoms with van der Waals surface area (Å²) in [4.78, 5) is 14.0. The van der Waals surface area contributed by atoms with E-state index in [0.29, 0.717) is 6.33 Å². The molecule has 1 unspecified atom stereocenters. The number of nitrogens with zero attached hydrogens (tertiary/aromatic N) is 2. The van der Waals surface area contributed by atoms with Gasteiger partial charge in [0.25, 0.3) is 0 Å². The average Bonchev–Trinajstić information content (AvgIpc) is 2.48. The number of nitrogens with one attached hydrogen (secondary N) is 1. The van der Waals surface area contributed by atoms with Gasteiger partial charge in [0.05, 0.1) is 0 Å². The summed E-state index contributed by atoms with van der Waals surface area (Å²) < 4.78 is 35.8. The monoisotopic (exact) mass is 211 g/mol. The number of hydrogen-bond donors (Lipinski definition) is 2. The fraction of sp³-hybridized carbons (Fsp3) is 0.400. The number of aliphatic hydroxyl groups excluding tert-OH is 1. The van der Waals surface area contributed by atoms with Crippen LogP contribution in [0.3, 0.4) is 0 Å². The zero-order valence-electron chi connectivity index (χ0n) is 6.45. The molecule has 1 heterocycles. The second-order valence-corrected chi connectivity index (χ2v) is 2.34. The number of aromatic amines is 1. The quantitative estimate of drug-likeness (QED) is 0.561. The van der Waals surface area contributed by atoms with Crippen molar-refractivity contribution >= 4 is 5.82 Å². The van der Waals surface area contributed by atoms with Gasteiger partial charge < -0.3 is 15.2 Å². The molecule has 0 saturated heterocycles. The predicted molar refractivity (Wildman–Crippen MR) is 36.3 cm³/mol. The first kappa shape index (κ1) is 10.4. The molecule has 1 rings (SSSR count). The number of hydrogen-bond acceptors (Lipinski definition) is 4. The van der Waals surface area contributed by atoms with Crippen molar-refractivity contribution in [2.24, 2.45) is 0 Å². The van der Waals surface area contributed by atoms with Crippen molar-refractivity contribution in [3.05, 3.63) is 22.1 Å². The molecule has 1 aromatic rings. The van der Waals surface area contributed by atoms with Crippen LogP contribution in [-0.4, -0.2) is 26.2 Å². The van der Waals surface area contributed by atoms with Crippen molar-refractivity contribution in [2.45, 2.75) is 12.3 Å². The van der Waals surface area contributed by atoms with Gasteiger partial charge in [-0.05, 0) is 4.92 Å². The minimum Gasteiger partial charge on any atom is -0.378 e. The molecule has 9 heteroatoms. The molecule has 2 N–H and O–H groups in total. The molecule has 0 amide bonds. The summed E-state index contributed by atoms with van der Waals surface area (Å²) in [6, 6.07) is 0. The first-order valence-electron chi connectivity index (χ1n) is 3.26. The highest BCUT2D eigenvalue weighted by atomic mass is 19.4. The normalized spacial score (nSPS) is 14.0. The Bertz CT molecular complexity index is 347. The first-order valence-corrected chi connectivity index (χ1v) is 3.26. The van der Waals surface area contributed by atoms with Crippen LogP contribution in [0, 0.1) is 10.1 Å². The van der Waals surface area contributed by atoms with Crippen molar-refractivity contribution < 1.29 is 23.2 Å². The molecule has 0 fully saturated rings. The van der Waals surface area contributed by atoms with Crippen LogP contribution in [0.4, 0.5) is 19.0 Å². The number of H-pyrrole nitrogens is 1. The Hall–Kier alpha value is -1.64. The van der Waals surface area contributed by atoms with Gasteiger partial charge in [-0.2, -0.15) is 13.2 Å². The van der Waals surface area contributed by atoms with Crippen LogP contribution in [-0.2, 0) is 0 Å². The molecule has 0 bridgehead atoms. The maximum atomic E-state index is 11.9. The Morgan fingerprint density at radius 2 is 2.21 bits per heavy atom. The molecule has 1 aromatic heterocycles. The third kappa shape index (κ3) is 1.82. The molecule has 0 aliphatic carbocycles. The van der Waals surface area contributed by atoms with Gasteiger partial charge in [-0.1, -0.05) is 0 Å². The fourth-order valence-electron chi connectivity index (χ4n) is 0.799. The second-order valence-electron chi connectivity index (χ2n) is 2.34. The van der Waals surface area contributed by atoms with E-state index in [4.69, 9.17) is 5.11 Å². The van der Waals surface area contributed by atoms with Crippen molar-refractivity contribution in [1.82, 2.24) is 9.97 Å². The van der Waals surface area contributed by atoms with Crippen LogP contribution in [0.2, 0.25) is 0 Å². The summed E-state index contributed by atoms with van der Waals surface area (Å²) in [5.41, 5.74) is -1.04. The third-order valence-electron chi connectivity index (χ3n) is 1.40. The first-order chi connectivity index (χ1) is 6.34. The summed E-state index contributed by atoms with van der Waals surface area (Å²) in [5, 5.41) is 18.8. The standard InChI is InChI=1S/C5H4F3N3O3/c6-5(7,8)3(12)2-4(11(13)14)10-1-9-2/h1,3,12H,(H,9,10). The number of imidazole rings is 1. The number of alkyl halides is 3. The Morgan fingerprint density at radius 3 is 2.64 bits per heavy atom. The van der Waals surface area contributed by atoms with Gasteiger partial charge in [0.1, 0.15) is 0 Å². The molecule has 0 radical (unpaired) electrons. The number of nitro groups is 1. The van der Waals surface area contributed by atoms with Gasteiger partial charge in [0, 0.05) is 0 Å². The molecule has 0 aliphatic rings. The smallest absolute Gasteiger partial charge is 0.378 e. The van der Waals surface area contributed by atoms with E-state index in [1.54, 1.807) is 0 Å². The highest BCUT2D eigenvalue weighted by Crippen LogP contribution is 2.34. The Kier molecular flexibility index (Phi) is 2.43. The van der Waals surface area contributed by atoms with E-state index in [9.17, 15) is 23.3 Å². The molecule has 0 spiro atoms. The number of rotatable bonds is 2. The summed E-state index contributed by atoms with van der Waals surface area (Å²) in [6.07, 6.45) is -7.21. The van der Waals surface area contributed by atoms with E-state index < -0.39 is 28.7 Å². The molecule has 78 valence electrons. The van der Waals surface area contributed by atoms with Crippen molar-refractivity contribution in [1.29, 1.82) is 0 Å². The van der Waals surface area contributed by atoms with Gasteiger partial charge in [-0.25, -0.2) is 9.97 Å². The Balaban J connectivity index is 3.07. The SMILES string of the molecule is O=[N+]([O-])c1[nH]cnc1C(O)C(F)(F)F. The zero-order chi connectivity index (χ0) is 10.9. The van der Waals surface area contributed by atoms with Gasteiger partial charge in [-0.15, -0.1) is 0 Å². The van der Waals surface area contributed by atoms with Crippen molar-refractivity contribution in [2.75, 3.05) is 0 Å². The molecule has 1 atom stereocenters. The molecule has 0 aromatic carbocycles. The molecular weight excluding hydrogens is 207 g/mol. The average molecular weight is 211 g/mol. The number of halogens is 3. The van der Waals surface area contributed by atoms with E-state index in [2.05, 4.69) is 4.98 Å². The summed E-state index contributed by atoms with van der Waals surface area (Å²) >= 11 is 0. The fourth-order valence-corrected chi connectivity index (χ4v) is 0.799. The maximum Gasteiger partial charge on any atom is 0.420 e. The van der Waals surface area contributed by atoms with Crippen LogP contribution in [0.15, 0.2) is 6.33 Å². The topological polar surface area (TPSA) is 92.0 Å². The van der Waals surface area contributed by atoms with E-state index in [1.807, 2.05) is 4.98 Å². The van der Waals surface area contributed by atoms with Crippen LogP contribution in [0.1, 0.15) is 11.8 Å². The van der Waals surface area contributed by atoms with Crippen LogP contribution < -0.4 is 0 Å². The predicted octanol–water partition coefficient (Wildman–Crippen LogP) is 0.914. The van der Waals surface area contributed by atoms with Gasteiger partial charge in [0.2, 0.25) is 6.10 Å². The lowest BCUT2D eigenvalue weighted by Gasteiger charge is -2.11. The lowest BCUT2D eigenvalue weighted by Crippen LogP contribution is -2.21. The van der Waals surface area contributed by atoms with Crippen LogP contribution >= 0.6 is 0 Å². The minimum absolute atomic E-state index is 0.711. The van der Waals surface area contributed by atoms with E-state index in [0.717, 1.165) is 0 Å². The molecular formula is C5H4F3N3O3. The van der Waals surface area contributed by atoms with E-state index in [1.165, 1.54) is 0 Å². The van der Waals surface area contributed by atoms with Crippen molar-refractivity contribution in [3.63, 3.8) is 0 Å². The highest BCUT2D eigenvalue weighted by Gasteiger charge is 2.44. The number of aliphatic hydroxyl groups is 1. The summed E-state index contributed by atoms with van der Waals surface area (Å²) in [7, 11) is 0. The van der Waals surface area contributed by atoms with E-state index >= 15 is 0 Å². The van der Waals surface area contributed by atoms with Gasteiger partial charge in [0.15, 0.2) is 12.0 Å². The lowest BCUT2D eigenvalue weighted by atomic mass is 10.2. The van der Waals surface area contributed by atoms with E-state index in [-0.39, 0.29) is 0 Å². The maximum absolute atomic E-state index is 11.9. The van der Waals surface area contributed by atoms with Gasteiger partial charge >= 0.3 is 12.0 Å². The number of aromatic nitrogens is 2. The molecule has 0 saturated carbocycles. The lowest BCUT2D eigenvalue weighted by molar-refractivity contribution is -0.391. The zero-order valence-corrected chi connectivity index (χ0v) is 6.45. The van der Waals surface area contributed by atoms with Crippen molar-refractivity contribution in [3.8, 4) is 0 Å². The minimum atomic E-state index is -4.97. The second kappa shape index (κ2) is 3.25. The molecule has 14 heavy (non-hydrogen) atoms.